The summed E-state index contributed by atoms with van der Waals surface area (Å²) >= 11 is 0. The maximum atomic E-state index is 4.92. The van der Waals surface area contributed by atoms with Crippen molar-refractivity contribution in [3.8, 4) is 11.3 Å². The van der Waals surface area contributed by atoms with Crippen molar-refractivity contribution in [3.63, 3.8) is 0 Å². The molecule has 1 aromatic heterocycles. The molecule has 0 aliphatic rings. The van der Waals surface area contributed by atoms with Crippen molar-refractivity contribution < 1.29 is 0 Å². The van der Waals surface area contributed by atoms with E-state index in [9.17, 15) is 0 Å². The molecule has 0 fully saturated rings. The fraction of sp³-hybridized carbons (Fsp3) is 0.318. The standard InChI is InChI=1S/C22H25N/c1-15(2)8-9-18-6-5-7-22-20(18)10-11-21(23-22)19-13-16(3)12-17(4)14-19/h5-7,10-15H,8-9H2,1-4H3. The molecule has 118 valence electrons. The zero-order valence-electron chi connectivity index (χ0n) is 14.6. The van der Waals surface area contributed by atoms with Crippen LogP contribution >= 0.6 is 0 Å². The van der Waals surface area contributed by atoms with E-state index >= 15 is 0 Å². The van der Waals surface area contributed by atoms with Gasteiger partial charge in [0.05, 0.1) is 11.2 Å². The van der Waals surface area contributed by atoms with Gasteiger partial charge in [-0.05, 0) is 62.4 Å². The van der Waals surface area contributed by atoms with Gasteiger partial charge in [-0.15, -0.1) is 0 Å². The second-order valence-electron chi connectivity index (χ2n) is 6.99. The smallest absolute Gasteiger partial charge is 0.0712 e. The Morgan fingerprint density at radius 3 is 2.35 bits per heavy atom. The van der Waals surface area contributed by atoms with Crippen molar-refractivity contribution in [2.75, 3.05) is 0 Å². The number of rotatable bonds is 4. The number of aromatic nitrogens is 1. The van der Waals surface area contributed by atoms with E-state index in [-0.39, 0.29) is 0 Å². The van der Waals surface area contributed by atoms with Crippen molar-refractivity contribution >= 4 is 10.9 Å². The van der Waals surface area contributed by atoms with Crippen molar-refractivity contribution in [1.29, 1.82) is 0 Å². The van der Waals surface area contributed by atoms with Gasteiger partial charge in [0.1, 0.15) is 0 Å². The highest BCUT2D eigenvalue weighted by molar-refractivity contribution is 5.84. The first-order valence-corrected chi connectivity index (χ1v) is 8.50. The van der Waals surface area contributed by atoms with Crippen LogP contribution in [0.3, 0.4) is 0 Å². The fourth-order valence-electron chi connectivity index (χ4n) is 3.16. The lowest BCUT2D eigenvalue weighted by molar-refractivity contribution is 0.588. The molecule has 0 atom stereocenters. The van der Waals surface area contributed by atoms with Crippen LogP contribution in [0, 0.1) is 19.8 Å². The number of benzene rings is 2. The first kappa shape index (κ1) is 15.7. The van der Waals surface area contributed by atoms with Crippen LogP contribution < -0.4 is 0 Å². The molecule has 2 aromatic carbocycles. The van der Waals surface area contributed by atoms with E-state index in [4.69, 9.17) is 4.98 Å². The summed E-state index contributed by atoms with van der Waals surface area (Å²) in [6.07, 6.45) is 2.34. The molecular formula is C22H25N. The molecule has 1 heteroatoms. The van der Waals surface area contributed by atoms with Crippen molar-refractivity contribution in [2.24, 2.45) is 5.92 Å². The zero-order valence-corrected chi connectivity index (χ0v) is 14.6. The largest absolute Gasteiger partial charge is 0.248 e. The Bertz CT molecular complexity index is 810. The molecule has 0 spiro atoms. The van der Waals surface area contributed by atoms with Gasteiger partial charge in [0, 0.05) is 10.9 Å². The van der Waals surface area contributed by atoms with Crippen LogP contribution in [0.5, 0.6) is 0 Å². The monoisotopic (exact) mass is 303 g/mol. The van der Waals surface area contributed by atoms with E-state index in [1.165, 1.54) is 34.1 Å². The van der Waals surface area contributed by atoms with Crippen LogP contribution in [-0.2, 0) is 6.42 Å². The van der Waals surface area contributed by atoms with Gasteiger partial charge in [-0.25, -0.2) is 4.98 Å². The van der Waals surface area contributed by atoms with Crippen LogP contribution in [0.4, 0.5) is 0 Å². The SMILES string of the molecule is Cc1cc(C)cc(-c2ccc3c(CCC(C)C)cccc3n2)c1. The summed E-state index contributed by atoms with van der Waals surface area (Å²) in [5.41, 5.74) is 7.35. The summed E-state index contributed by atoms with van der Waals surface area (Å²) in [6.45, 7) is 8.84. The van der Waals surface area contributed by atoms with Crippen LogP contribution in [0.1, 0.15) is 37.0 Å². The molecule has 0 amide bonds. The summed E-state index contributed by atoms with van der Waals surface area (Å²) in [4.78, 5) is 4.92. The Balaban J connectivity index is 2.02. The molecule has 3 rings (SSSR count). The Kier molecular flexibility index (Phi) is 4.47. The molecular weight excluding hydrogens is 278 g/mol. The number of fused-ring (bicyclic) bond motifs is 1. The minimum atomic E-state index is 0.729. The van der Waals surface area contributed by atoms with Gasteiger partial charge in [-0.1, -0.05) is 49.2 Å². The van der Waals surface area contributed by atoms with Gasteiger partial charge >= 0.3 is 0 Å². The highest BCUT2D eigenvalue weighted by Crippen LogP contribution is 2.26. The van der Waals surface area contributed by atoms with Gasteiger partial charge in [-0.3, -0.25) is 0 Å². The summed E-state index contributed by atoms with van der Waals surface area (Å²) in [5.74, 6) is 0.729. The quantitative estimate of drug-likeness (QED) is 0.567. The topological polar surface area (TPSA) is 12.9 Å². The second kappa shape index (κ2) is 6.54. The van der Waals surface area contributed by atoms with E-state index < -0.39 is 0 Å². The highest BCUT2D eigenvalue weighted by atomic mass is 14.7. The number of nitrogens with zero attached hydrogens (tertiary/aromatic N) is 1. The molecule has 1 heterocycles. The third kappa shape index (κ3) is 3.61. The van der Waals surface area contributed by atoms with E-state index in [1.807, 2.05) is 0 Å². The Morgan fingerprint density at radius 1 is 0.913 bits per heavy atom. The number of aryl methyl sites for hydroxylation is 3. The Labute approximate surface area is 139 Å². The van der Waals surface area contributed by atoms with Crippen LogP contribution in [0.2, 0.25) is 0 Å². The number of hydrogen-bond acceptors (Lipinski definition) is 1. The molecule has 0 radical (unpaired) electrons. The maximum Gasteiger partial charge on any atom is 0.0712 e. The highest BCUT2D eigenvalue weighted by Gasteiger charge is 2.07. The van der Waals surface area contributed by atoms with Gasteiger partial charge in [0.25, 0.3) is 0 Å². The molecule has 0 unspecified atom stereocenters. The lowest BCUT2D eigenvalue weighted by Crippen LogP contribution is -1.95. The summed E-state index contributed by atoms with van der Waals surface area (Å²) in [6, 6.07) is 17.5. The molecule has 3 aromatic rings. The van der Waals surface area contributed by atoms with Crippen LogP contribution in [0.25, 0.3) is 22.2 Å². The summed E-state index contributed by atoms with van der Waals surface area (Å²) < 4.78 is 0. The second-order valence-corrected chi connectivity index (χ2v) is 6.99. The molecule has 0 aliphatic heterocycles. The maximum absolute atomic E-state index is 4.92. The van der Waals surface area contributed by atoms with E-state index in [0.717, 1.165) is 23.5 Å². The van der Waals surface area contributed by atoms with E-state index in [2.05, 4.69) is 76.2 Å². The van der Waals surface area contributed by atoms with Crippen molar-refractivity contribution in [2.45, 2.75) is 40.5 Å². The lowest BCUT2D eigenvalue weighted by atomic mass is 9.98. The molecule has 0 aliphatic carbocycles. The third-order valence-corrected chi connectivity index (χ3v) is 4.33. The Hall–Kier alpha value is -2.15. The molecule has 0 bridgehead atoms. The summed E-state index contributed by atoms with van der Waals surface area (Å²) in [5, 5.41) is 1.29. The predicted molar refractivity (Wildman–Crippen MR) is 99.8 cm³/mol. The normalized spacial score (nSPS) is 11.3. The number of hydrogen-bond donors (Lipinski definition) is 0. The first-order valence-electron chi connectivity index (χ1n) is 8.50. The third-order valence-electron chi connectivity index (χ3n) is 4.33. The summed E-state index contributed by atoms with van der Waals surface area (Å²) in [7, 11) is 0. The fourth-order valence-corrected chi connectivity index (χ4v) is 3.16. The molecule has 23 heavy (non-hydrogen) atoms. The predicted octanol–water partition coefficient (Wildman–Crippen LogP) is 6.11. The minimum absolute atomic E-state index is 0.729. The first-order chi connectivity index (χ1) is 11.0. The lowest BCUT2D eigenvalue weighted by Gasteiger charge is -2.10. The number of pyridine rings is 1. The van der Waals surface area contributed by atoms with Crippen molar-refractivity contribution in [3.05, 3.63) is 65.2 Å². The van der Waals surface area contributed by atoms with Gasteiger partial charge in [-0.2, -0.15) is 0 Å². The average Bonchev–Trinajstić information content (AvgIpc) is 2.51. The minimum Gasteiger partial charge on any atom is -0.248 e. The van der Waals surface area contributed by atoms with Crippen molar-refractivity contribution in [1.82, 2.24) is 4.98 Å². The molecule has 1 nitrogen and oxygen atoms in total. The zero-order chi connectivity index (χ0) is 16.4. The van der Waals surface area contributed by atoms with Gasteiger partial charge in [0.2, 0.25) is 0 Å². The van der Waals surface area contributed by atoms with E-state index in [1.54, 1.807) is 0 Å². The molecule has 0 saturated carbocycles. The average molecular weight is 303 g/mol. The molecule has 0 N–H and O–H groups in total. The van der Waals surface area contributed by atoms with Gasteiger partial charge in [0.15, 0.2) is 0 Å². The van der Waals surface area contributed by atoms with Crippen LogP contribution in [-0.4, -0.2) is 4.98 Å². The van der Waals surface area contributed by atoms with E-state index in [0.29, 0.717) is 0 Å². The Morgan fingerprint density at radius 2 is 1.65 bits per heavy atom. The van der Waals surface area contributed by atoms with Gasteiger partial charge < -0.3 is 0 Å². The molecule has 0 saturated heterocycles. The van der Waals surface area contributed by atoms with Crippen LogP contribution in [0.15, 0.2) is 48.5 Å².